The van der Waals surface area contributed by atoms with Crippen LogP contribution >= 0.6 is 7.14 Å². The third-order valence-corrected chi connectivity index (χ3v) is 10.3. The standard InChI is InChI=1S/C31H27O2P/c32-30-26(23-24-13-5-1-6-14-24)21-22-29(30)31(25-15-7-2-8-16-25)34(33,27-17-9-3-10-18-27)28-19-11-4-12-20-28/h1-20,23,29,31H,21-22H2/b26-23-. The predicted octanol–water partition coefficient (Wildman–Crippen LogP) is 6.80. The van der Waals surface area contributed by atoms with E-state index >= 15 is 4.57 Å². The fourth-order valence-corrected chi connectivity index (χ4v) is 8.67. The van der Waals surface area contributed by atoms with Crippen molar-refractivity contribution < 1.29 is 9.36 Å². The topological polar surface area (TPSA) is 34.1 Å². The summed E-state index contributed by atoms with van der Waals surface area (Å²) < 4.78 is 15.3. The second kappa shape index (κ2) is 9.79. The summed E-state index contributed by atoms with van der Waals surface area (Å²) in [6.07, 6.45) is 3.40. The molecule has 1 aliphatic rings. The van der Waals surface area contributed by atoms with Crippen LogP contribution in [0.15, 0.2) is 127 Å². The molecule has 1 aliphatic carbocycles. The van der Waals surface area contributed by atoms with E-state index in [1.165, 1.54) is 0 Å². The molecule has 1 saturated carbocycles. The van der Waals surface area contributed by atoms with Crippen LogP contribution in [0.5, 0.6) is 0 Å². The maximum Gasteiger partial charge on any atom is 0.163 e. The third-order valence-electron chi connectivity index (χ3n) is 6.71. The van der Waals surface area contributed by atoms with Crippen molar-refractivity contribution in [2.75, 3.05) is 0 Å². The van der Waals surface area contributed by atoms with Crippen LogP contribution in [0.3, 0.4) is 0 Å². The van der Waals surface area contributed by atoms with Crippen molar-refractivity contribution in [1.82, 2.24) is 0 Å². The van der Waals surface area contributed by atoms with Gasteiger partial charge in [-0.2, -0.15) is 0 Å². The molecule has 0 N–H and O–H groups in total. The van der Waals surface area contributed by atoms with Gasteiger partial charge in [0.05, 0.1) is 5.66 Å². The van der Waals surface area contributed by atoms with E-state index in [1.807, 2.05) is 127 Å². The van der Waals surface area contributed by atoms with E-state index in [0.29, 0.717) is 12.8 Å². The molecule has 34 heavy (non-hydrogen) atoms. The van der Waals surface area contributed by atoms with Crippen LogP contribution in [0.4, 0.5) is 0 Å². The molecule has 0 heterocycles. The quantitative estimate of drug-likeness (QED) is 0.233. The number of carbonyl (C=O) groups is 1. The summed E-state index contributed by atoms with van der Waals surface area (Å²) in [7, 11) is -3.20. The van der Waals surface area contributed by atoms with Crippen molar-refractivity contribution in [3.05, 3.63) is 138 Å². The smallest absolute Gasteiger partial charge is 0.163 e. The summed E-state index contributed by atoms with van der Waals surface area (Å²) in [5.41, 5.74) is 2.38. The van der Waals surface area contributed by atoms with Gasteiger partial charge in [-0.3, -0.25) is 4.79 Å². The lowest BCUT2D eigenvalue weighted by Crippen LogP contribution is -2.28. The maximum absolute atomic E-state index is 15.3. The highest BCUT2D eigenvalue weighted by atomic mass is 31.2. The van der Waals surface area contributed by atoms with Gasteiger partial charge in [-0.25, -0.2) is 0 Å². The first kappa shape index (κ1) is 22.3. The van der Waals surface area contributed by atoms with E-state index in [0.717, 1.165) is 27.3 Å². The number of hydrogen-bond donors (Lipinski definition) is 0. The Morgan fingerprint density at radius 1 is 0.676 bits per heavy atom. The summed E-state index contributed by atoms with van der Waals surface area (Å²) in [5, 5.41) is 1.59. The van der Waals surface area contributed by atoms with E-state index in [4.69, 9.17) is 0 Å². The molecule has 168 valence electrons. The molecule has 0 spiro atoms. The molecule has 0 radical (unpaired) electrons. The Morgan fingerprint density at radius 2 is 1.15 bits per heavy atom. The Morgan fingerprint density at radius 3 is 1.68 bits per heavy atom. The molecule has 1 fully saturated rings. The van der Waals surface area contributed by atoms with Crippen LogP contribution in [-0.2, 0) is 9.36 Å². The van der Waals surface area contributed by atoms with Crippen molar-refractivity contribution >= 4 is 29.6 Å². The van der Waals surface area contributed by atoms with E-state index in [9.17, 15) is 4.79 Å². The Hall–Kier alpha value is -3.48. The first-order chi connectivity index (χ1) is 16.7. The highest BCUT2D eigenvalue weighted by molar-refractivity contribution is 7.79. The summed E-state index contributed by atoms with van der Waals surface area (Å²) >= 11 is 0. The number of hydrogen-bond acceptors (Lipinski definition) is 2. The zero-order valence-corrected chi connectivity index (χ0v) is 19.9. The molecule has 2 unspecified atom stereocenters. The van der Waals surface area contributed by atoms with Crippen molar-refractivity contribution in [1.29, 1.82) is 0 Å². The minimum Gasteiger partial charge on any atom is -0.313 e. The zero-order chi connectivity index (χ0) is 23.4. The van der Waals surface area contributed by atoms with Gasteiger partial charge in [0.25, 0.3) is 0 Å². The summed E-state index contributed by atoms with van der Waals surface area (Å²) in [6.45, 7) is 0. The van der Waals surface area contributed by atoms with E-state index < -0.39 is 12.8 Å². The van der Waals surface area contributed by atoms with Crippen LogP contribution in [0.25, 0.3) is 6.08 Å². The van der Waals surface area contributed by atoms with E-state index in [-0.39, 0.29) is 11.7 Å². The van der Waals surface area contributed by atoms with Crippen LogP contribution in [0, 0.1) is 5.92 Å². The average molecular weight is 463 g/mol. The van der Waals surface area contributed by atoms with Gasteiger partial charge >= 0.3 is 0 Å². The average Bonchev–Trinajstić information content (AvgIpc) is 3.25. The molecule has 0 aromatic heterocycles. The van der Waals surface area contributed by atoms with Gasteiger partial charge in [0.2, 0.25) is 0 Å². The predicted molar refractivity (Wildman–Crippen MR) is 141 cm³/mol. The van der Waals surface area contributed by atoms with Crippen LogP contribution in [-0.4, -0.2) is 5.78 Å². The second-order valence-corrected chi connectivity index (χ2v) is 11.7. The molecular weight excluding hydrogens is 435 g/mol. The maximum atomic E-state index is 15.3. The molecule has 0 saturated heterocycles. The van der Waals surface area contributed by atoms with Gasteiger partial charge in [-0.15, -0.1) is 0 Å². The number of carbonyl (C=O) groups excluding carboxylic acids is 1. The first-order valence-electron chi connectivity index (χ1n) is 11.7. The van der Waals surface area contributed by atoms with Crippen molar-refractivity contribution in [3.8, 4) is 0 Å². The molecule has 4 aromatic rings. The number of Topliss-reactive ketones (excluding diaryl/α,β-unsaturated/α-hetero) is 1. The van der Waals surface area contributed by atoms with Crippen LogP contribution in [0.1, 0.15) is 29.6 Å². The van der Waals surface area contributed by atoms with Gasteiger partial charge < -0.3 is 4.57 Å². The second-order valence-electron chi connectivity index (χ2n) is 8.77. The van der Waals surface area contributed by atoms with Gasteiger partial charge in [0, 0.05) is 16.5 Å². The van der Waals surface area contributed by atoms with Crippen LogP contribution < -0.4 is 10.6 Å². The minimum absolute atomic E-state index is 0.116. The normalized spacial score (nSPS) is 18.2. The minimum atomic E-state index is -3.20. The molecule has 4 aromatic carbocycles. The van der Waals surface area contributed by atoms with E-state index in [2.05, 4.69) is 0 Å². The Bertz CT molecular complexity index is 1290. The highest BCUT2D eigenvalue weighted by Gasteiger charge is 2.47. The number of ketones is 1. The SMILES string of the molecule is O=C1/C(=C\c2ccccc2)CCC1C(c1ccccc1)P(=O)(c1ccccc1)c1ccccc1. The lowest BCUT2D eigenvalue weighted by atomic mass is 9.95. The molecule has 3 heteroatoms. The molecule has 5 rings (SSSR count). The molecule has 0 bridgehead atoms. The summed E-state index contributed by atoms with van der Waals surface area (Å²) in [5.74, 6) is -0.228. The van der Waals surface area contributed by atoms with Crippen molar-refractivity contribution in [2.24, 2.45) is 5.92 Å². The largest absolute Gasteiger partial charge is 0.313 e. The Kier molecular flexibility index (Phi) is 6.43. The fourth-order valence-electron chi connectivity index (χ4n) is 5.11. The first-order valence-corrected chi connectivity index (χ1v) is 13.5. The lowest BCUT2D eigenvalue weighted by molar-refractivity contribution is -0.117. The third kappa shape index (κ3) is 4.22. The Balaban J connectivity index is 1.67. The molecule has 0 aliphatic heterocycles. The highest BCUT2D eigenvalue weighted by Crippen LogP contribution is 2.62. The number of rotatable bonds is 6. The molecule has 2 nitrogen and oxygen atoms in total. The monoisotopic (exact) mass is 462 g/mol. The van der Waals surface area contributed by atoms with Gasteiger partial charge in [-0.05, 0) is 35.6 Å². The Labute approximate surface area is 201 Å². The number of allylic oxidation sites excluding steroid dienone is 1. The molecule has 0 amide bonds. The van der Waals surface area contributed by atoms with Gasteiger partial charge in [-0.1, -0.05) is 121 Å². The van der Waals surface area contributed by atoms with Crippen LogP contribution in [0.2, 0.25) is 0 Å². The lowest BCUT2D eigenvalue weighted by Gasteiger charge is -2.32. The van der Waals surface area contributed by atoms with E-state index in [1.54, 1.807) is 0 Å². The van der Waals surface area contributed by atoms with Gasteiger partial charge in [0.15, 0.2) is 12.9 Å². The zero-order valence-electron chi connectivity index (χ0n) is 19.0. The van der Waals surface area contributed by atoms with Gasteiger partial charge in [0.1, 0.15) is 0 Å². The molecule has 2 atom stereocenters. The number of benzene rings is 4. The van der Waals surface area contributed by atoms with Crippen molar-refractivity contribution in [2.45, 2.75) is 18.5 Å². The summed E-state index contributed by atoms with van der Waals surface area (Å²) in [6, 6.07) is 39.3. The molecular formula is C31H27O2P. The van der Waals surface area contributed by atoms with Crippen molar-refractivity contribution in [3.63, 3.8) is 0 Å². The fraction of sp³-hybridized carbons (Fsp3) is 0.129. The summed E-state index contributed by atoms with van der Waals surface area (Å²) in [4.78, 5) is 13.8.